The smallest absolute Gasteiger partial charge is 0.167 e. The van der Waals surface area contributed by atoms with Crippen LogP contribution in [0.1, 0.15) is 15.9 Å². The number of ketones is 1. The fraction of sp³-hybridized carbons (Fsp3) is 0.231. The minimum Gasteiger partial charge on any atom is -0.491 e. The van der Waals surface area contributed by atoms with Crippen molar-refractivity contribution in [2.24, 2.45) is 0 Å². The minimum absolute atomic E-state index is 0.0244. The molecule has 3 aromatic carbocycles. The molecule has 170 valence electrons. The first-order valence-electron chi connectivity index (χ1n) is 10.9. The summed E-state index contributed by atoms with van der Waals surface area (Å²) in [6, 6.07) is 20.8. The van der Waals surface area contributed by atoms with Gasteiger partial charge in [0.05, 0.1) is 24.2 Å². The van der Waals surface area contributed by atoms with E-state index >= 15 is 0 Å². The van der Waals surface area contributed by atoms with Gasteiger partial charge in [-0.1, -0.05) is 6.07 Å². The summed E-state index contributed by atoms with van der Waals surface area (Å²) in [6.45, 7) is 0.861. The zero-order chi connectivity index (χ0) is 23.2. The molecule has 7 nitrogen and oxygen atoms in total. The van der Waals surface area contributed by atoms with E-state index in [9.17, 15) is 4.79 Å². The maximum Gasteiger partial charge on any atom is 0.167 e. The van der Waals surface area contributed by atoms with E-state index < -0.39 is 0 Å². The number of likely N-dealkylation sites (N-methyl/N-ethyl adjacent to an activating group) is 1. The van der Waals surface area contributed by atoms with Crippen LogP contribution in [0.3, 0.4) is 0 Å². The summed E-state index contributed by atoms with van der Waals surface area (Å²) >= 11 is 0. The highest BCUT2D eigenvalue weighted by atomic mass is 16.5. The number of aromatic nitrogens is 2. The maximum atomic E-state index is 12.8. The second-order valence-electron chi connectivity index (χ2n) is 7.83. The predicted molar refractivity (Wildman–Crippen MR) is 129 cm³/mol. The molecule has 0 unspecified atom stereocenters. The topological polar surface area (TPSA) is 98.7 Å². The molecule has 1 heterocycles. The number of hydrogen-bond donors (Lipinski definition) is 3. The first-order chi connectivity index (χ1) is 16.1. The second-order valence-corrected chi connectivity index (χ2v) is 7.83. The van der Waals surface area contributed by atoms with Gasteiger partial charge in [-0.05, 0) is 66.2 Å². The number of hydrogen-bond acceptors (Lipinski definition) is 6. The molecule has 33 heavy (non-hydrogen) atoms. The van der Waals surface area contributed by atoms with Gasteiger partial charge in [-0.25, -0.2) is 4.98 Å². The standard InChI is InChI=1S/C26H27N3O4/c1-29(12-13-30)21-7-3-19(4-8-21)25(32)17-18-2-11-23-24(16-18)28-26(27-23)20-5-9-22(10-6-20)33-15-14-31/h2-11,16,30-31H,12-15,17H2,1H3,(H,27,28). The predicted octanol–water partition coefficient (Wildman–Crippen LogP) is 3.45. The van der Waals surface area contributed by atoms with E-state index in [2.05, 4.69) is 9.97 Å². The van der Waals surface area contributed by atoms with Crippen LogP contribution in [0, 0.1) is 0 Å². The maximum absolute atomic E-state index is 12.8. The summed E-state index contributed by atoms with van der Waals surface area (Å²) in [5.74, 6) is 1.48. The number of aliphatic hydroxyl groups excluding tert-OH is 2. The molecule has 4 rings (SSSR count). The van der Waals surface area contributed by atoms with E-state index in [1.54, 1.807) is 0 Å². The van der Waals surface area contributed by atoms with Crippen molar-refractivity contribution < 1.29 is 19.7 Å². The Labute approximate surface area is 192 Å². The molecule has 3 N–H and O–H groups in total. The summed E-state index contributed by atoms with van der Waals surface area (Å²) in [6.07, 6.45) is 0.299. The van der Waals surface area contributed by atoms with Gasteiger partial charge in [0.1, 0.15) is 18.2 Å². The Kier molecular flexibility index (Phi) is 7.02. The molecule has 0 aliphatic rings. The molecular weight excluding hydrogens is 418 g/mol. The van der Waals surface area contributed by atoms with Crippen molar-refractivity contribution in [1.29, 1.82) is 0 Å². The molecule has 0 spiro atoms. The molecule has 0 bridgehead atoms. The molecule has 0 radical (unpaired) electrons. The van der Waals surface area contributed by atoms with E-state index in [0.717, 1.165) is 33.7 Å². The number of carbonyl (C=O) groups excluding carboxylic acids is 1. The van der Waals surface area contributed by atoms with Crippen molar-refractivity contribution >= 4 is 22.5 Å². The quantitative estimate of drug-likeness (QED) is 0.324. The first-order valence-corrected chi connectivity index (χ1v) is 10.9. The first kappa shape index (κ1) is 22.5. The number of aromatic amines is 1. The van der Waals surface area contributed by atoms with Crippen LogP contribution >= 0.6 is 0 Å². The van der Waals surface area contributed by atoms with Crippen LogP contribution in [0.4, 0.5) is 5.69 Å². The van der Waals surface area contributed by atoms with Crippen molar-refractivity contribution in [1.82, 2.24) is 9.97 Å². The number of aliphatic hydroxyl groups is 2. The summed E-state index contributed by atoms with van der Waals surface area (Å²) in [5.41, 5.74) is 5.16. The van der Waals surface area contributed by atoms with Gasteiger partial charge in [0.2, 0.25) is 0 Å². The highest BCUT2D eigenvalue weighted by molar-refractivity contribution is 5.98. The van der Waals surface area contributed by atoms with E-state index in [1.807, 2.05) is 78.7 Å². The number of ether oxygens (including phenoxy) is 1. The highest BCUT2D eigenvalue weighted by Crippen LogP contribution is 2.24. The molecular formula is C26H27N3O4. The summed E-state index contributed by atoms with van der Waals surface area (Å²) < 4.78 is 5.40. The lowest BCUT2D eigenvalue weighted by Crippen LogP contribution is -2.21. The van der Waals surface area contributed by atoms with Gasteiger partial charge < -0.3 is 24.8 Å². The van der Waals surface area contributed by atoms with Gasteiger partial charge in [-0.3, -0.25) is 4.79 Å². The molecule has 7 heteroatoms. The number of fused-ring (bicyclic) bond motifs is 1. The van der Waals surface area contributed by atoms with Gasteiger partial charge in [0.15, 0.2) is 5.78 Å². The number of H-pyrrole nitrogens is 1. The van der Waals surface area contributed by atoms with Crippen molar-refractivity contribution in [3.63, 3.8) is 0 Å². The van der Waals surface area contributed by atoms with E-state index in [-0.39, 0.29) is 25.6 Å². The Morgan fingerprint density at radius 3 is 2.45 bits per heavy atom. The summed E-state index contributed by atoms with van der Waals surface area (Å²) in [4.78, 5) is 22.7. The van der Waals surface area contributed by atoms with Crippen molar-refractivity contribution in [2.45, 2.75) is 6.42 Å². The van der Waals surface area contributed by atoms with Crippen LogP contribution in [0.15, 0.2) is 66.7 Å². The van der Waals surface area contributed by atoms with Crippen molar-refractivity contribution in [3.05, 3.63) is 77.9 Å². The zero-order valence-electron chi connectivity index (χ0n) is 18.5. The molecule has 0 aliphatic carbocycles. The van der Waals surface area contributed by atoms with Crippen LogP contribution in [-0.4, -0.2) is 59.4 Å². The van der Waals surface area contributed by atoms with Crippen molar-refractivity contribution in [2.75, 3.05) is 38.3 Å². The molecule has 1 aromatic heterocycles. The lowest BCUT2D eigenvalue weighted by molar-refractivity contribution is 0.0993. The number of nitrogens with one attached hydrogen (secondary N) is 1. The minimum atomic E-state index is -0.0244. The SMILES string of the molecule is CN(CCO)c1ccc(C(=O)Cc2ccc3nc(-c4ccc(OCCO)cc4)[nH]c3c2)cc1. The van der Waals surface area contributed by atoms with E-state index in [0.29, 0.717) is 24.3 Å². The Morgan fingerprint density at radius 2 is 1.76 bits per heavy atom. The normalized spacial score (nSPS) is 11.0. The third-order valence-corrected chi connectivity index (χ3v) is 5.46. The second kappa shape index (κ2) is 10.3. The number of imidazole rings is 1. The molecule has 0 amide bonds. The number of Topliss-reactive ketones (excluding diaryl/α,β-unsaturated/α-hetero) is 1. The third kappa shape index (κ3) is 5.39. The Hall–Kier alpha value is -3.68. The summed E-state index contributed by atoms with van der Waals surface area (Å²) in [5, 5.41) is 17.9. The lowest BCUT2D eigenvalue weighted by Gasteiger charge is -2.17. The molecule has 4 aromatic rings. The molecule has 0 atom stereocenters. The van der Waals surface area contributed by atoms with Crippen LogP contribution in [-0.2, 0) is 6.42 Å². The average molecular weight is 446 g/mol. The van der Waals surface area contributed by atoms with Crippen molar-refractivity contribution in [3.8, 4) is 17.1 Å². The van der Waals surface area contributed by atoms with E-state index in [1.165, 1.54) is 0 Å². The van der Waals surface area contributed by atoms with Crippen LogP contribution < -0.4 is 9.64 Å². The van der Waals surface area contributed by atoms with Gasteiger partial charge in [-0.2, -0.15) is 0 Å². The monoisotopic (exact) mass is 445 g/mol. The zero-order valence-corrected chi connectivity index (χ0v) is 18.5. The fourth-order valence-corrected chi connectivity index (χ4v) is 3.64. The van der Waals surface area contributed by atoms with Gasteiger partial charge >= 0.3 is 0 Å². The lowest BCUT2D eigenvalue weighted by atomic mass is 10.0. The number of nitrogens with zero attached hydrogens (tertiary/aromatic N) is 2. The largest absolute Gasteiger partial charge is 0.491 e. The van der Waals surface area contributed by atoms with Crippen LogP contribution in [0.5, 0.6) is 5.75 Å². The van der Waals surface area contributed by atoms with Crippen LogP contribution in [0.25, 0.3) is 22.4 Å². The number of benzene rings is 3. The summed E-state index contributed by atoms with van der Waals surface area (Å²) in [7, 11) is 1.90. The average Bonchev–Trinajstić information content (AvgIpc) is 3.27. The molecule has 0 saturated carbocycles. The fourth-order valence-electron chi connectivity index (χ4n) is 3.64. The van der Waals surface area contributed by atoms with E-state index in [4.69, 9.17) is 14.9 Å². The Balaban J connectivity index is 1.46. The Bertz CT molecular complexity index is 1220. The number of anilines is 1. The van der Waals surface area contributed by atoms with Crippen LogP contribution in [0.2, 0.25) is 0 Å². The van der Waals surface area contributed by atoms with Gasteiger partial charge in [0, 0.05) is 36.8 Å². The highest BCUT2D eigenvalue weighted by Gasteiger charge is 2.11. The number of carbonyl (C=O) groups is 1. The molecule has 0 saturated heterocycles. The van der Waals surface area contributed by atoms with Gasteiger partial charge in [0.25, 0.3) is 0 Å². The number of rotatable bonds is 10. The molecule has 0 fully saturated rings. The Morgan fingerprint density at radius 1 is 1.00 bits per heavy atom. The molecule has 0 aliphatic heterocycles. The third-order valence-electron chi connectivity index (χ3n) is 5.46. The van der Waals surface area contributed by atoms with Gasteiger partial charge in [-0.15, -0.1) is 0 Å².